The van der Waals surface area contributed by atoms with Crippen molar-refractivity contribution in [1.82, 2.24) is 0 Å². The Morgan fingerprint density at radius 3 is 2.45 bits per heavy atom. The van der Waals surface area contributed by atoms with Gasteiger partial charge in [0.15, 0.2) is 10.8 Å². The molecule has 1 aromatic rings. The van der Waals surface area contributed by atoms with Gasteiger partial charge in [-0.05, 0) is 13.0 Å². The zero-order chi connectivity index (χ0) is 16.5. The van der Waals surface area contributed by atoms with E-state index in [-0.39, 0.29) is 12.4 Å². The molecule has 0 bridgehead atoms. The highest BCUT2D eigenvalue weighted by Gasteiger charge is 2.87. The van der Waals surface area contributed by atoms with E-state index in [1.807, 2.05) is 0 Å². The largest absolute Gasteiger partial charge is 0.465 e. The molecule has 1 fully saturated rings. The van der Waals surface area contributed by atoms with Crippen LogP contribution in [0.25, 0.3) is 0 Å². The van der Waals surface area contributed by atoms with E-state index in [1.54, 1.807) is 18.2 Å². The fourth-order valence-electron chi connectivity index (χ4n) is 2.55. The molecular formula is C13H8N4O5. The van der Waals surface area contributed by atoms with Gasteiger partial charge in [0.2, 0.25) is 0 Å². The molecule has 110 valence electrons. The standard InChI is InChI=1S/C13H8N4O5/c1-2-21-11(18)13(7-16)10(12(13,5-14)6-15)8-3-4-9(22-8)17(19)20/h3-4,10H,2H2,1H3/t10-,13-/m0/s1. The van der Waals surface area contributed by atoms with Gasteiger partial charge < -0.3 is 9.15 Å². The Morgan fingerprint density at radius 1 is 1.41 bits per heavy atom. The summed E-state index contributed by atoms with van der Waals surface area (Å²) in [6.07, 6.45) is 0. The van der Waals surface area contributed by atoms with Gasteiger partial charge in [-0.2, -0.15) is 15.8 Å². The normalized spacial score (nSPS) is 24.4. The first-order chi connectivity index (χ1) is 10.4. The number of ether oxygens (including phenoxy) is 1. The molecule has 9 heteroatoms. The van der Waals surface area contributed by atoms with Crippen LogP contribution in [0, 0.1) is 54.9 Å². The van der Waals surface area contributed by atoms with Gasteiger partial charge in [-0.15, -0.1) is 0 Å². The topological polar surface area (TPSA) is 154 Å². The highest BCUT2D eigenvalue weighted by atomic mass is 16.6. The lowest BCUT2D eigenvalue weighted by molar-refractivity contribution is -0.402. The Balaban J connectivity index is 2.56. The molecule has 2 rings (SSSR count). The molecule has 0 unspecified atom stereocenters. The zero-order valence-electron chi connectivity index (χ0n) is 11.3. The summed E-state index contributed by atoms with van der Waals surface area (Å²) in [5, 5.41) is 38.6. The molecule has 0 N–H and O–H groups in total. The van der Waals surface area contributed by atoms with Crippen LogP contribution in [0.4, 0.5) is 5.88 Å². The van der Waals surface area contributed by atoms with Crippen LogP contribution in [0.2, 0.25) is 0 Å². The van der Waals surface area contributed by atoms with Crippen LogP contribution < -0.4 is 0 Å². The SMILES string of the molecule is CCOC(=O)[C@]1(C#N)[C@@H](c2ccc([N+](=O)[O-])o2)C1(C#N)C#N. The smallest absolute Gasteiger partial charge is 0.433 e. The molecule has 0 spiro atoms. The first-order valence-electron chi connectivity index (χ1n) is 6.10. The van der Waals surface area contributed by atoms with Crippen LogP contribution in [0.1, 0.15) is 18.6 Å². The molecule has 22 heavy (non-hydrogen) atoms. The van der Waals surface area contributed by atoms with E-state index in [0.717, 1.165) is 6.07 Å². The maximum absolute atomic E-state index is 12.1. The summed E-state index contributed by atoms with van der Waals surface area (Å²) < 4.78 is 9.74. The maximum Gasteiger partial charge on any atom is 0.433 e. The molecule has 1 aromatic heterocycles. The minimum absolute atomic E-state index is 0.0414. The molecule has 2 atom stereocenters. The summed E-state index contributed by atoms with van der Waals surface area (Å²) in [5.74, 6) is -3.02. The van der Waals surface area contributed by atoms with E-state index < -0.39 is 33.5 Å². The molecule has 0 aromatic carbocycles. The van der Waals surface area contributed by atoms with Crippen LogP contribution >= 0.6 is 0 Å². The van der Waals surface area contributed by atoms with Gasteiger partial charge in [0.1, 0.15) is 10.7 Å². The van der Waals surface area contributed by atoms with Crippen LogP contribution in [0.15, 0.2) is 16.5 Å². The minimum Gasteiger partial charge on any atom is -0.465 e. The van der Waals surface area contributed by atoms with Gasteiger partial charge in [-0.1, -0.05) is 0 Å². The van der Waals surface area contributed by atoms with Gasteiger partial charge in [0.25, 0.3) is 0 Å². The fourth-order valence-corrected chi connectivity index (χ4v) is 2.55. The predicted molar refractivity (Wildman–Crippen MR) is 66.4 cm³/mol. The van der Waals surface area contributed by atoms with E-state index >= 15 is 0 Å². The van der Waals surface area contributed by atoms with Crippen LogP contribution in [-0.4, -0.2) is 17.5 Å². The molecule has 0 aliphatic heterocycles. The van der Waals surface area contributed by atoms with Crippen LogP contribution in [0.5, 0.6) is 0 Å². The van der Waals surface area contributed by atoms with Crippen molar-refractivity contribution in [2.45, 2.75) is 12.8 Å². The van der Waals surface area contributed by atoms with E-state index in [0.29, 0.717) is 0 Å². The van der Waals surface area contributed by atoms with Gasteiger partial charge in [0.05, 0.1) is 36.8 Å². The third-order valence-corrected chi connectivity index (χ3v) is 3.61. The first-order valence-corrected chi connectivity index (χ1v) is 6.10. The average molecular weight is 300 g/mol. The Hall–Kier alpha value is -3.38. The third-order valence-electron chi connectivity index (χ3n) is 3.61. The monoisotopic (exact) mass is 300 g/mol. The van der Waals surface area contributed by atoms with Gasteiger partial charge >= 0.3 is 11.9 Å². The molecule has 0 radical (unpaired) electrons. The second-order valence-corrected chi connectivity index (χ2v) is 4.54. The lowest BCUT2D eigenvalue weighted by Gasteiger charge is -2.07. The van der Waals surface area contributed by atoms with Crippen molar-refractivity contribution in [3.05, 3.63) is 28.0 Å². The number of rotatable bonds is 4. The summed E-state index contributed by atoms with van der Waals surface area (Å²) in [7, 11) is 0. The lowest BCUT2D eigenvalue weighted by Crippen LogP contribution is -2.24. The molecule has 1 saturated carbocycles. The van der Waals surface area contributed by atoms with Crippen LogP contribution in [-0.2, 0) is 9.53 Å². The van der Waals surface area contributed by atoms with Gasteiger partial charge in [0, 0.05) is 0 Å². The highest BCUT2D eigenvalue weighted by molar-refractivity contribution is 5.91. The van der Waals surface area contributed by atoms with Crippen molar-refractivity contribution in [3.8, 4) is 18.2 Å². The van der Waals surface area contributed by atoms with E-state index in [9.17, 15) is 30.7 Å². The van der Waals surface area contributed by atoms with Crippen molar-refractivity contribution in [2.24, 2.45) is 10.8 Å². The molecule has 1 aliphatic carbocycles. The molecule has 1 heterocycles. The van der Waals surface area contributed by atoms with Crippen molar-refractivity contribution in [1.29, 1.82) is 15.8 Å². The van der Waals surface area contributed by atoms with Crippen molar-refractivity contribution < 1.29 is 18.9 Å². The average Bonchev–Trinajstić information content (AvgIpc) is 2.82. The van der Waals surface area contributed by atoms with Gasteiger partial charge in [-0.25, -0.2) is 0 Å². The number of carbonyl (C=O) groups excluding carboxylic acids is 1. The summed E-state index contributed by atoms with van der Waals surface area (Å²) in [5.41, 5.74) is -4.06. The third kappa shape index (κ3) is 1.58. The number of nitrogens with zero attached hydrogens (tertiary/aromatic N) is 4. The van der Waals surface area contributed by atoms with E-state index in [4.69, 9.17) is 9.15 Å². The second-order valence-electron chi connectivity index (χ2n) is 4.54. The fraction of sp³-hybridized carbons (Fsp3) is 0.385. The summed E-state index contributed by atoms with van der Waals surface area (Å²) in [6.45, 7) is 1.47. The molecular weight excluding hydrogens is 292 g/mol. The second kappa shape index (κ2) is 4.87. The summed E-state index contributed by atoms with van der Waals surface area (Å²) >= 11 is 0. The predicted octanol–water partition coefficient (Wildman–Crippen LogP) is 1.39. The zero-order valence-corrected chi connectivity index (χ0v) is 11.3. The number of hydrogen-bond acceptors (Lipinski definition) is 8. The summed E-state index contributed by atoms with van der Waals surface area (Å²) in [6, 6.07) is 7.18. The first kappa shape index (κ1) is 15.0. The Labute approximate surface area is 124 Å². The Bertz CT molecular complexity index is 764. The molecule has 9 nitrogen and oxygen atoms in total. The number of nitriles is 3. The van der Waals surface area contributed by atoms with Gasteiger partial charge in [-0.3, -0.25) is 14.9 Å². The summed E-state index contributed by atoms with van der Waals surface area (Å²) in [4.78, 5) is 21.9. The van der Waals surface area contributed by atoms with Crippen molar-refractivity contribution in [2.75, 3.05) is 6.61 Å². The molecule has 1 aliphatic rings. The van der Waals surface area contributed by atoms with E-state index in [1.165, 1.54) is 13.0 Å². The molecule has 0 amide bonds. The number of nitro groups is 1. The number of hydrogen-bond donors (Lipinski definition) is 0. The number of carbonyl (C=O) groups is 1. The van der Waals surface area contributed by atoms with Crippen molar-refractivity contribution >= 4 is 11.9 Å². The number of esters is 1. The minimum atomic E-state index is -2.06. The van der Waals surface area contributed by atoms with E-state index in [2.05, 4.69) is 0 Å². The highest BCUT2D eigenvalue weighted by Crippen LogP contribution is 2.74. The Morgan fingerprint density at radius 2 is 2.05 bits per heavy atom. The van der Waals surface area contributed by atoms with Crippen molar-refractivity contribution in [3.63, 3.8) is 0 Å². The Kier molecular flexibility index (Phi) is 3.32. The molecule has 0 saturated heterocycles. The number of furan rings is 1. The maximum atomic E-state index is 12.1. The quantitative estimate of drug-likeness (QED) is 0.459. The lowest BCUT2D eigenvalue weighted by atomic mass is 9.97. The van der Waals surface area contributed by atoms with Crippen LogP contribution in [0.3, 0.4) is 0 Å².